The topological polar surface area (TPSA) is 49.3 Å². The van der Waals surface area contributed by atoms with Gasteiger partial charge in [-0.05, 0) is 41.6 Å². The Morgan fingerprint density at radius 2 is 2.00 bits per heavy atom. The van der Waals surface area contributed by atoms with Gasteiger partial charge in [-0.3, -0.25) is 4.79 Å². The number of rotatable bonds is 3. The smallest absolute Gasteiger partial charge is 0.320 e. The Kier molecular flexibility index (Phi) is 3.22. The second-order valence-electron chi connectivity index (χ2n) is 5.24. The van der Waals surface area contributed by atoms with E-state index < -0.39 is 5.97 Å². The second-order valence-corrected chi connectivity index (χ2v) is 5.24. The Morgan fingerprint density at radius 3 is 2.79 bits per heavy atom. The summed E-state index contributed by atoms with van der Waals surface area (Å²) in [7, 11) is 0. The number of fused-ring (bicyclic) bond motifs is 1. The molecule has 3 heteroatoms. The molecule has 1 aliphatic heterocycles. The lowest BCUT2D eigenvalue weighted by Gasteiger charge is -2.11. The number of benzene rings is 2. The summed E-state index contributed by atoms with van der Waals surface area (Å²) in [6.45, 7) is 0.792. The van der Waals surface area contributed by atoms with Crippen LogP contribution in [0.15, 0.2) is 42.5 Å². The van der Waals surface area contributed by atoms with Gasteiger partial charge < -0.3 is 10.4 Å². The number of aliphatic carboxylic acids is 1. The molecule has 2 aromatic carbocycles. The van der Waals surface area contributed by atoms with Gasteiger partial charge in [0.1, 0.15) is 6.04 Å². The molecule has 0 bridgehead atoms. The standard InChI is InChI=1S/C16H17NO2/c18-16(19)15-9-11(10-17-15)8-13-6-3-5-12-4-1-2-7-14(12)13/h1-7,11,15,17H,8-10H2,(H,18,19). The molecule has 2 N–H and O–H groups in total. The van der Waals surface area contributed by atoms with Gasteiger partial charge in [-0.2, -0.15) is 0 Å². The van der Waals surface area contributed by atoms with Crippen molar-refractivity contribution in [1.29, 1.82) is 0 Å². The highest BCUT2D eigenvalue weighted by Crippen LogP contribution is 2.25. The molecule has 2 unspecified atom stereocenters. The molecule has 2 aromatic rings. The van der Waals surface area contributed by atoms with E-state index in [0.29, 0.717) is 5.92 Å². The van der Waals surface area contributed by atoms with Crippen molar-refractivity contribution in [3.63, 3.8) is 0 Å². The molecule has 1 heterocycles. The molecular formula is C16H17NO2. The van der Waals surface area contributed by atoms with Crippen LogP contribution in [0.2, 0.25) is 0 Å². The molecule has 3 nitrogen and oxygen atoms in total. The van der Waals surface area contributed by atoms with Crippen molar-refractivity contribution in [3.8, 4) is 0 Å². The van der Waals surface area contributed by atoms with Crippen LogP contribution >= 0.6 is 0 Å². The van der Waals surface area contributed by atoms with Crippen molar-refractivity contribution in [2.75, 3.05) is 6.54 Å². The first kappa shape index (κ1) is 12.2. The Labute approximate surface area is 112 Å². The molecule has 0 saturated carbocycles. The number of carboxylic acids is 1. The quantitative estimate of drug-likeness (QED) is 0.885. The van der Waals surface area contributed by atoms with E-state index >= 15 is 0 Å². The Bertz CT molecular complexity index is 603. The Hall–Kier alpha value is -1.87. The summed E-state index contributed by atoms with van der Waals surface area (Å²) in [5.74, 6) is -0.327. The highest BCUT2D eigenvalue weighted by Gasteiger charge is 2.29. The van der Waals surface area contributed by atoms with Crippen LogP contribution in [0.4, 0.5) is 0 Å². The van der Waals surface area contributed by atoms with Gasteiger partial charge in [0, 0.05) is 0 Å². The Morgan fingerprint density at radius 1 is 1.21 bits per heavy atom. The summed E-state index contributed by atoms with van der Waals surface area (Å²) >= 11 is 0. The van der Waals surface area contributed by atoms with E-state index in [2.05, 4.69) is 41.7 Å². The molecule has 1 aliphatic rings. The second kappa shape index (κ2) is 5.02. The molecule has 0 radical (unpaired) electrons. The first-order valence-corrected chi connectivity index (χ1v) is 6.67. The van der Waals surface area contributed by atoms with Crippen molar-refractivity contribution in [2.24, 2.45) is 5.92 Å². The van der Waals surface area contributed by atoms with Crippen molar-refractivity contribution in [2.45, 2.75) is 18.9 Å². The molecule has 3 rings (SSSR count). The van der Waals surface area contributed by atoms with Crippen LogP contribution in [0.1, 0.15) is 12.0 Å². The average Bonchev–Trinajstić information content (AvgIpc) is 2.88. The summed E-state index contributed by atoms with van der Waals surface area (Å²) in [6.07, 6.45) is 1.66. The highest BCUT2D eigenvalue weighted by atomic mass is 16.4. The SMILES string of the molecule is O=C(O)C1CC(Cc2cccc3ccccc23)CN1. The minimum absolute atomic E-state index is 0.375. The predicted octanol–water partition coefficient (Wildman–Crippen LogP) is 2.45. The molecule has 19 heavy (non-hydrogen) atoms. The fourth-order valence-electron chi connectivity index (χ4n) is 2.93. The van der Waals surface area contributed by atoms with Crippen LogP contribution in [0.3, 0.4) is 0 Å². The number of nitrogens with one attached hydrogen (secondary N) is 1. The van der Waals surface area contributed by atoms with E-state index in [1.54, 1.807) is 0 Å². The molecule has 0 aliphatic carbocycles. The van der Waals surface area contributed by atoms with Crippen molar-refractivity contribution < 1.29 is 9.90 Å². The predicted molar refractivity (Wildman–Crippen MR) is 75.2 cm³/mol. The number of hydrogen-bond acceptors (Lipinski definition) is 2. The van der Waals surface area contributed by atoms with Gasteiger partial charge in [0.15, 0.2) is 0 Å². The van der Waals surface area contributed by atoms with Gasteiger partial charge in [-0.25, -0.2) is 0 Å². The molecular weight excluding hydrogens is 238 g/mol. The van der Waals surface area contributed by atoms with Gasteiger partial charge in [0.2, 0.25) is 0 Å². The maximum atomic E-state index is 10.9. The summed E-state index contributed by atoms with van der Waals surface area (Å²) in [4.78, 5) is 10.9. The first-order valence-electron chi connectivity index (χ1n) is 6.67. The minimum atomic E-state index is -0.736. The van der Waals surface area contributed by atoms with Crippen LogP contribution in [0, 0.1) is 5.92 Å². The van der Waals surface area contributed by atoms with Gasteiger partial charge >= 0.3 is 5.97 Å². The first-order chi connectivity index (χ1) is 9.24. The summed E-state index contributed by atoms with van der Waals surface area (Å²) in [6, 6.07) is 14.3. The van der Waals surface area contributed by atoms with Gasteiger partial charge in [0.05, 0.1) is 0 Å². The van der Waals surface area contributed by atoms with Crippen molar-refractivity contribution in [1.82, 2.24) is 5.32 Å². The van der Waals surface area contributed by atoms with Crippen LogP contribution in [-0.4, -0.2) is 23.7 Å². The average molecular weight is 255 g/mol. The zero-order valence-electron chi connectivity index (χ0n) is 10.7. The van der Waals surface area contributed by atoms with Gasteiger partial charge in [-0.15, -0.1) is 0 Å². The van der Waals surface area contributed by atoms with Crippen molar-refractivity contribution >= 4 is 16.7 Å². The number of carbonyl (C=O) groups is 1. The lowest BCUT2D eigenvalue weighted by Crippen LogP contribution is -2.29. The molecule has 98 valence electrons. The van der Waals surface area contributed by atoms with Gasteiger partial charge in [0.25, 0.3) is 0 Å². The van der Waals surface area contributed by atoms with E-state index in [1.165, 1.54) is 16.3 Å². The molecule has 0 amide bonds. The largest absolute Gasteiger partial charge is 0.480 e. The van der Waals surface area contributed by atoms with Crippen LogP contribution in [-0.2, 0) is 11.2 Å². The Balaban J connectivity index is 1.81. The fraction of sp³-hybridized carbons (Fsp3) is 0.312. The zero-order valence-corrected chi connectivity index (χ0v) is 10.7. The lowest BCUT2D eigenvalue weighted by molar-refractivity contribution is -0.139. The van der Waals surface area contributed by atoms with Gasteiger partial charge in [-0.1, -0.05) is 42.5 Å². The van der Waals surface area contributed by atoms with E-state index in [9.17, 15) is 4.79 Å². The zero-order chi connectivity index (χ0) is 13.2. The minimum Gasteiger partial charge on any atom is -0.480 e. The third-order valence-electron chi connectivity index (χ3n) is 3.91. The highest BCUT2D eigenvalue weighted by molar-refractivity contribution is 5.85. The van der Waals surface area contributed by atoms with E-state index in [1.807, 2.05) is 6.07 Å². The normalized spacial score (nSPS) is 22.7. The molecule has 2 atom stereocenters. The monoisotopic (exact) mass is 255 g/mol. The fourth-order valence-corrected chi connectivity index (χ4v) is 2.93. The molecule has 0 spiro atoms. The number of hydrogen-bond donors (Lipinski definition) is 2. The van der Waals surface area contributed by atoms with Crippen molar-refractivity contribution in [3.05, 3.63) is 48.0 Å². The van der Waals surface area contributed by atoms with E-state index in [-0.39, 0.29) is 6.04 Å². The maximum Gasteiger partial charge on any atom is 0.320 e. The summed E-state index contributed by atoms with van der Waals surface area (Å²) in [5, 5.41) is 14.6. The van der Waals surface area contributed by atoms with E-state index in [4.69, 9.17) is 5.11 Å². The third-order valence-corrected chi connectivity index (χ3v) is 3.91. The number of carboxylic acid groups (broad SMARTS) is 1. The maximum absolute atomic E-state index is 10.9. The lowest BCUT2D eigenvalue weighted by atomic mass is 9.93. The molecule has 0 aromatic heterocycles. The summed E-state index contributed by atoms with van der Waals surface area (Å²) in [5.41, 5.74) is 1.32. The third kappa shape index (κ3) is 2.47. The summed E-state index contributed by atoms with van der Waals surface area (Å²) < 4.78 is 0. The van der Waals surface area contributed by atoms with Crippen LogP contribution in [0.25, 0.3) is 10.8 Å². The van der Waals surface area contributed by atoms with E-state index in [0.717, 1.165) is 19.4 Å². The van der Waals surface area contributed by atoms with Crippen LogP contribution < -0.4 is 5.32 Å². The molecule has 1 fully saturated rings. The molecule has 1 saturated heterocycles. The van der Waals surface area contributed by atoms with Crippen LogP contribution in [0.5, 0.6) is 0 Å².